The molecule has 0 atom stereocenters. The Hall–Kier alpha value is -0.0631. The third-order valence-electron chi connectivity index (χ3n) is 2.24. The van der Waals surface area contributed by atoms with Crippen molar-refractivity contribution in [1.82, 2.24) is 0 Å². The van der Waals surface area contributed by atoms with Gasteiger partial charge < -0.3 is 4.43 Å². The van der Waals surface area contributed by atoms with Crippen LogP contribution in [0.5, 0.6) is 5.75 Å². The quantitative estimate of drug-likeness (QED) is 0.579. The first-order valence-electron chi connectivity index (χ1n) is 4.83. The van der Waals surface area contributed by atoms with Gasteiger partial charge in [0, 0.05) is 0 Å². The van der Waals surface area contributed by atoms with Crippen LogP contribution in [0.1, 0.15) is 13.8 Å². The lowest BCUT2D eigenvalue weighted by Crippen LogP contribution is -2.33. The number of benzene rings is 1. The van der Waals surface area contributed by atoms with Crippen LogP contribution >= 0.6 is 27.0 Å². The fourth-order valence-electron chi connectivity index (χ4n) is 1.15. The lowest BCUT2D eigenvalue weighted by molar-refractivity contribution is 0.547. The van der Waals surface area contributed by atoms with Gasteiger partial charge in [0.1, 0.15) is 11.6 Å². The van der Waals surface area contributed by atoms with Gasteiger partial charge in [-0.25, -0.2) is 4.39 Å². The zero-order valence-corrected chi connectivity index (χ0v) is 12.0. The lowest BCUT2D eigenvalue weighted by atomic mass is 10.3. The van der Waals surface area contributed by atoms with Gasteiger partial charge in [0.15, 0.2) is 0 Å². The molecule has 1 aromatic carbocycles. The summed E-state index contributed by atoms with van der Waals surface area (Å²) >= 11 is 9.61. The van der Waals surface area contributed by atoms with Crippen LogP contribution in [0.25, 0.3) is 0 Å². The van der Waals surface area contributed by atoms with E-state index in [1.165, 1.54) is 12.1 Å². The van der Waals surface area contributed by atoms with E-state index in [0.717, 1.165) is 12.1 Å². The zero-order valence-electron chi connectivity index (χ0n) is 8.69. The molecule has 0 spiro atoms. The van der Waals surface area contributed by atoms with E-state index >= 15 is 0 Å². The SMILES string of the molecule is CC[Si](Cl)(CC)Oc1ccc(F)cc1Br. The van der Waals surface area contributed by atoms with Crippen LogP contribution in [0, 0.1) is 5.82 Å². The molecule has 0 aliphatic heterocycles. The second kappa shape index (κ2) is 5.32. The number of rotatable bonds is 4. The number of hydrogen-bond acceptors (Lipinski definition) is 1. The van der Waals surface area contributed by atoms with Crippen molar-refractivity contribution in [3.05, 3.63) is 28.5 Å². The molecule has 0 aliphatic rings. The highest BCUT2D eigenvalue weighted by atomic mass is 79.9. The molecule has 5 heteroatoms. The van der Waals surface area contributed by atoms with Crippen molar-refractivity contribution in [2.45, 2.75) is 25.9 Å². The standard InChI is InChI=1S/C10H13BrClFOSi/c1-3-15(12,4-2)14-10-6-5-8(13)7-9(10)11/h5-7H,3-4H2,1-2H3. The summed E-state index contributed by atoms with van der Waals surface area (Å²) in [6.07, 6.45) is 0. The molecular formula is C10H13BrClFOSi. The smallest absolute Gasteiger partial charge is 0.347 e. The van der Waals surface area contributed by atoms with Gasteiger partial charge in [0.05, 0.1) is 4.47 Å². The second-order valence-corrected chi connectivity index (χ2v) is 9.57. The van der Waals surface area contributed by atoms with Crippen molar-refractivity contribution in [1.29, 1.82) is 0 Å². The average Bonchev–Trinajstić information content (AvgIpc) is 2.22. The molecule has 0 heterocycles. The highest BCUT2D eigenvalue weighted by Crippen LogP contribution is 2.31. The van der Waals surface area contributed by atoms with E-state index in [4.69, 9.17) is 15.5 Å². The van der Waals surface area contributed by atoms with E-state index in [0.29, 0.717) is 10.2 Å². The fraction of sp³-hybridized carbons (Fsp3) is 0.400. The van der Waals surface area contributed by atoms with Crippen molar-refractivity contribution < 1.29 is 8.82 Å². The van der Waals surface area contributed by atoms with Gasteiger partial charge >= 0.3 is 7.63 Å². The molecule has 1 nitrogen and oxygen atoms in total. The third kappa shape index (κ3) is 3.47. The van der Waals surface area contributed by atoms with Gasteiger partial charge in [-0.1, -0.05) is 13.8 Å². The molecule has 0 N–H and O–H groups in total. The molecule has 0 fully saturated rings. The summed E-state index contributed by atoms with van der Waals surface area (Å²) in [5.74, 6) is 0.339. The van der Waals surface area contributed by atoms with E-state index in [-0.39, 0.29) is 5.82 Å². The van der Waals surface area contributed by atoms with E-state index in [1.54, 1.807) is 6.07 Å². The van der Waals surface area contributed by atoms with Gasteiger partial charge in [-0.2, -0.15) is 0 Å². The van der Waals surface area contributed by atoms with Gasteiger partial charge in [-0.15, -0.1) is 11.1 Å². The monoisotopic (exact) mass is 310 g/mol. The van der Waals surface area contributed by atoms with Gasteiger partial charge in [0.2, 0.25) is 0 Å². The summed E-state index contributed by atoms with van der Waals surface area (Å²) in [6, 6.07) is 6.02. The predicted octanol–water partition coefficient (Wildman–Crippen LogP) is 4.69. The Bertz CT molecular complexity index is 344. The van der Waals surface area contributed by atoms with Gasteiger partial charge in [-0.05, 0) is 46.2 Å². The molecule has 0 saturated heterocycles. The fourth-order valence-corrected chi connectivity index (χ4v) is 3.34. The molecule has 1 aromatic rings. The molecule has 0 unspecified atom stereocenters. The van der Waals surface area contributed by atoms with Crippen LogP contribution in [-0.2, 0) is 0 Å². The van der Waals surface area contributed by atoms with Crippen LogP contribution < -0.4 is 4.43 Å². The summed E-state index contributed by atoms with van der Waals surface area (Å²) in [5, 5.41) is 0. The normalized spacial score (nSPS) is 11.5. The molecule has 0 bridgehead atoms. The van der Waals surface area contributed by atoms with Crippen LogP contribution in [0.15, 0.2) is 22.7 Å². The molecule has 15 heavy (non-hydrogen) atoms. The Balaban J connectivity index is 2.89. The van der Waals surface area contributed by atoms with E-state index in [9.17, 15) is 4.39 Å². The maximum Gasteiger partial charge on any atom is 0.347 e. The highest BCUT2D eigenvalue weighted by molar-refractivity contribution is 9.10. The zero-order chi connectivity index (χ0) is 11.5. The van der Waals surface area contributed by atoms with Gasteiger partial charge in [0.25, 0.3) is 0 Å². The molecule has 0 aromatic heterocycles. The van der Waals surface area contributed by atoms with Crippen molar-refractivity contribution >= 4 is 34.6 Å². The minimum Gasteiger partial charge on any atom is -0.528 e. The van der Waals surface area contributed by atoms with E-state index < -0.39 is 7.63 Å². The molecule has 0 aliphatic carbocycles. The maximum absolute atomic E-state index is 12.8. The van der Waals surface area contributed by atoms with Crippen molar-refractivity contribution in [2.75, 3.05) is 0 Å². The molecule has 1 rings (SSSR count). The third-order valence-corrected chi connectivity index (χ3v) is 7.40. The summed E-state index contributed by atoms with van der Waals surface area (Å²) in [7, 11) is -2.17. The summed E-state index contributed by atoms with van der Waals surface area (Å²) < 4.78 is 19.2. The molecular weight excluding hydrogens is 299 g/mol. The maximum atomic E-state index is 12.8. The van der Waals surface area contributed by atoms with Crippen LogP contribution in [0.2, 0.25) is 12.1 Å². The molecule has 0 saturated carbocycles. The van der Waals surface area contributed by atoms with Crippen LogP contribution in [-0.4, -0.2) is 7.63 Å². The molecule has 84 valence electrons. The summed E-state index contributed by atoms with van der Waals surface area (Å²) in [5.41, 5.74) is 0. The summed E-state index contributed by atoms with van der Waals surface area (Å²) in [4.78, 5) is 0. The Labute approximate surface area is 104 Å². The number of hydrogen-bond donors (Lipinski definition) is 0. The van der Waals surface area contributed by atoms with Crippen LogP contribution in [0.4, 0.5) is 4.39 Å². The Morgan fingerprint density at radius 3 is 2.47 bits per heavy atom. The van der Waals surface area contributed by atoms with Gasteiger partial charge in [-0.3, -0.25) is 0 Å². The topological polar surface area (TPSA) is 9.23 Å². The van der Waals surface area contributed by atoms with Crippen molar-refractivity contribution in [3.63, 3.8) is 0 Å². The highest BCUT2D eigenvalue weighted by Gasteiger charge is 2.31. The predicted molar refractivity (Wildman–Crippen MR) is 67.3 cm³/mol. The first kappa shape index (κ1) is 13.0. The Kier molecular flexibility index (Phi) is 4.61. The molecule has 0 radical (unpaired) electrons. The lowest BCUT2D eigenvalue weighted by Gasteiger charge is -2.23. The first-order valence-corrected chi connectivity index (χ1v) is 8.96. The van der Waals surface area contributed by atoms with Crippen molar-refractivity contribution in [2.24, 2.45) is 0 Å². The first-order chi connectivity index (χ1) is 7.00. The van der Waals surface area contributed by atoms with E-state index in [2.05, 4.69) is 15.9 Å². The number of halogens is 3. The second-order valence-electron chi connectivity index (χ2n) is 3.27. The van der Waals surface area contributed by atoms with E-state index in [1.807, 2.05) is 13.8 Å². The summed E-state index contributed by atoms with van der Waals surface area (Å²) in [6.45, 7) is 4.03. The average molecular weight is 312 g/mol. The minimum atomic E-state index is -2.17. The Morgan fingerprint density at radius 1 is 1.40 bits per heavy atom. The van der Waals surface area contributed by atoms with Crippen LogP contribution in [0.3, 0.4) is 0 Å². The largest absolute Gasteiger partial charge is 0.528 e. The Morgan fingerprint density at radius 2 is 2.00 bits per heavy atom. The molecule has 0 amide bonds. The minimum absolute atomic E-state index is 0.288. The van der Waals surface area contributed by atoms with Crippen molar-refractivity contribution in [3.8, 4) is 5.75 Å².